The van der Waals surface area contributed by atoms with Crippen molar-refractivity contribution >= 4 is 23.1 Å². The van der Waals surface area contributed by atoms with Crippen LogP contribution in [0.2, 0.25) is 5.15 Å². The molecule has 0 aromatic carbocycles. The molecule has 0 aliphatic heterocycles. The van der Waals surface area contributed by atoms with Gasteiger partial charge in [-0.05, 0) is 12.1 Å². The van der Waals surface area contributed by atoms with E-state index in [-0.39, 0.29) is 11.5 Å². The van der Waals surface area contributed by atoms with Crippen LogP contribution < -0.4 is 5.73 Å². The van der Waals surface area contributed by atoms with Gasteiger partial charge in [-0.1, -0.05) is 17.7 Å². The molecule has 0 aliphatic carbocycles. The summed E-state index contributed by atoms with van der Waals surface area (Å²) >= 11 is 5.74. The van der Waals surface area contributed by atoms with Gasteiger partial charge in [0.2, 0.25) is 0 Å². The number of aromatic nitrogens is 3. The minimum Gasteiger partial charge on any atom is -0.382 e. The number of hydrogen-bond donors (Lipinski definition) is 2. The van der Waals surface area contributed by atoms with Gasteiger partial charge in [-0.2, -0.15) is 0 Å². The molecule has 0 amide bonds. The van der Waals surface area contributed by atoms with Crippen LogP contribution in [0.15, 0.2) is 30.6 Å². The van der Waals surface area contributed by atoms with Crippen LogP contribution in [-0.4, -0.2) is 20.7 Å². The molecule has 2 heterocycles. The molecule has 0 bridgehead atoms. The van der Waals surface area contributed by atoms with E-state index in [9.17, 15) is 0 Å². The van der Waals surface area contributed by atoms with Gasteiger partial charge in [0.15, 0.2) is 5.82 Å². The zero-order chi connectivity index (χ0) is 11.5. The highest BCUT2D eigenvalue weighted by Crippen LogP contribution is 2.12. The first kappa shape index (κ1) is 10.5. The summed E-state index contributed by atoms with van der Waals surface area (Å²) in [7, 11) is 0. The minimum atomic E-state index is 0.105. The molecule has 0 atom stereocenters. The second kappa shape index (κ2) is 4.24. The molecular formula is C10H8ClN5. The molecule has 0 saturated carbocycles. The van der Waals surface area contributed by atoms with E-state index in [1.807, 2.05) is 0 Å². The Bertz CT molecular complexity index is 540. The van der Waals surface area contributed by atoms with Crippen molar-refractivity contribution in [2.45, 2.75) is 0 Å². The van der Waals surface area contributed by atoms with Crippen molar-refractivity contribution in [3.8, 4) is 0 Å². The monoisotopic (exact) mass is 233 g/mol. The number of pyridine rings is 1. The summed E-state index contributed by atoms with van der Waals surface area (Å²) in [5.41, 5.74) is 6.45. The van der Waals surface area contributed by atoms with Gasteiger partial charge < -0.3 is 5.73 Å². The highest BCUT2D eigenvalue weighted by molar-refractivity contribution is 6.29. The van der Waals surface area contributed by atoms with Crippen molar-refractivity contribution in [3.63, 3.8) is 0 Å². The summed E-state index contributed by atoms with van der Waals surface area (Å²) in [6.45, 7) is 0. The Morgan fingerprint density at radius 1 is 1.25 bits per heavy atom. The lowest BCUT2D eigenvalue weighted by molar-refractivity contribution is 1.17. The fourth-order valence-electron chi connectivity index (χ4n) is 1.21. The molecular weight excluding hydrogens is 226 g/mol. The van der Waals surface area contributed by atoms with Crippen molar-refractivity contribution in [2.75, 3.05) is 5.73 Å². The molecule has 0 saturated heterocycles. The van der Waals surface area contributed by atoms with Crippen LogP contribution >= 0.6 is 11.6 Å². The Morgan fingerprint density at radius 3 is 2.69 bits per heavy atom. The van der Waals surface area contributed by atoms with Crippen molar-refractivity contribution in [2.24, 2.45) is 0 Å². The van der Waals surface area contributed by atoms with Gasteiger partial charge in [-0.25, -0.2) is 15.0 Å². The van der Waals surface area contributed by atoms with Crippen LogP contribution in [-0.2, 0) is 0 Å². The lowest BCUT2D eigenvalue weighted by atomic mass is 10.2. The summed E-state index contributed by atoms with van der Waals surface area (Å²) < 4.78 is 0. The van der Waals surface area contributed by atoms with Gasteiger partial charge in [0.1, 0.15) is 16.6 Å². The molecule has 5 nitrogen and oxygen atoms in total. The summed E-state index contributed by atoms with van der Waals surface area (Å²) in [5.74, 6) is 0.203. The second-order valence-corrected chi connectivity index (χ2v) is 3.40. The Labute approximate surface area is 96.8 Å². The average molecular weight is 234 g/mol. The lowest BCUT2D eigenvalue weighted by Crippen LogP contribution is -2.10. The van der Waals surface area contributed by atoms with Crippen LogP contribution in [0.5, 0.6) is 0 Å². The van der Waals surface area contributed by atoms with Crippen molar-refractivity contribution in [3.05, 3.63) is 47.1 Å². The molecule has 6 heteroatoms. The van der Waals surface area contributed by atoms with E-state index in [0.29, 0.717) is 16.5 Å². The van der Waals surface area contributed by atoms with Gasteiger partial charge >= 0.3 is 0 Å². The molecule has 80 valence electrons. The maximum Gasteiger partial charge on any atom is 0.151 e. The second-order valence-electron chi connectivity index (χ2n) is 3.01. The summed E-state index contributed by atoms with van der Waals surface area (Å²) in [6, 6.07) is 5.02. The maximum absolute atomic E-state index is 7.90. The van der Waals surface area contributed by atoms with E-state index >= 15 is 0 Å². The van der Waals surface area contributed by atoms with Crippen LogP contribution in [0, 0.1) is 5.41 Å². The topological polar surface area (TPSA) is 88.5 Å². The predicted octanol–water partition coefficient (Wildman–Crippen LogP) is 1.52. The SMILES string of the molecule is N=C(c1cccc(Cl)n1)c1nccnc1N. The Balaban J connectivity index is 2.44. The van der Waals surface area contributed by atoms with E-state index in [1.165, 1.54) is 12.4 Å². The number of hydrogen-bond acceptors (Lipinski definition) is 5. The zero-order valence-electron chi connectivity index (χ0n) is 8.18. The standard InChI is InChI=1S/C10H8ClN5/c11-7-3-1-2-6(16-7)8(12)9-10(13)15-5-4-14-9/h1-5,12H,(H2,13,15). The first-order chi connectivity index (χ1) is 7.68. The number of nitrogens with one attached hydrogen (secondary N) is 1. The number of nitrogens with zero attached hydrogens (tertiary/aromatic N) is 3. The third-order valence-electron chi connectivity index (χ3n) is 1.93. The predicted molar refractivity (Wildman–Crippen MR) is 61.6 cm³/mol. The van der Waals surface area contributed by atoms with Crippen molar-refractivity contribution in [1.82, 2.24) is 15.0 Å². The molecule has 2 aromatic heterocycles. The van der Waals surface area contributed by atoms with Crippen molar-refractivity contribution in [1.29, 1.82) is 5.41 Å². The molecule has 0 spiro atoms. The van der Waals surface area contributed by atoms with Crippen LogP contribution in [0.3, 0.4) is 0 Å². The first-order valence-corrected chi connectivity index (χ1v) is 4.84. The fraction of sp³-hybridized carbons (Fsp3) is 0. The smallest absolute Gasteiger partial charge is 0.151 e. The fourth-order valence-corrected chi connectivity index (χ4v) is 1.37. The first-order valence-electron chi connectivity index (χ1n) is 4.47. The largest absolute Gasteiger partial charge is 0.382 e. The number of nitrogens with two attached hydrogens (primary N) is 1. The normalized spacial score (nSPS) is 10.1. The molecule has 16 heavy (non-hydrogen) atoms. The third kappa shape index (κ3) is 1.99. The number of rotatable bonds is 2. The van der Waals surface area contributed by atoms with Crippen molar-refractivity contribution < 1.29 is 0 Å². The molecule has 0 unspecified atom stereocenters. The van der Waals surface area contributed by atoms with Gasteiger partial charge in [-0.15, -0.1) is 0 Å². The molecule has 0 aliphatic rings. The lowest BCUT2D eigenvalue weighted by Gasteiger charge is -2.04. The van der Waals surface area contributed by atoms with Gasteiger partial charge in [0.25, 0.3) is 0 Å². The molecule has 2 aromatic rings. The number of halogens is 1. The molecule has 3 N–H and O–H groups in total. The Morgan fingerprint density at radius 2 is 2.00 bits per heavy atom. The van der Waals surface area contributed by atoms with E-state index < -0.39 is 0 Å². The summed E-state index contributed by atoms with van der Waals surface area (Å²) in [6.07, 6.45) is 2.95. The minimum absolute atomic E-state index is 0.105. The van der Waals surface area contributed by atoms with Crippen LogP contribution in [0.25, 0.3) is 0 Å². The third-order valence-corrected chi connectivity index (χ3v) is 2.15. The number of anilines is 1. The molecule has 0 radical (unpaired) electrons. The molecule has 2 rings (SSSR count). The summed E-state index contributed by atoms with van der Waals surface area (Å²) in [4.78, 5) is 11.9. The van der Waals surface area contributed by atoms with Gasteiger partial charge in [-0.3, -0.25) is 5.41 Å². The Kier molecular flexibility index (Phi) is 2.78. The summed E-state index contributed by atoms with van der Waals surface area (Å²) in [5, 5.41) is 8.23. The molecule has 0 fully saturated rings. The highest BCUT2D eigenvalue weighted by atomic mass is 35.5. The average Bonchev–Trinajstić information content (AvgIpc) is 2.29. The van der Waals surface area contributed by atoms with E-state index in [4.69, 9.17) is 22.7 Å². The maximum atomic E-state index is 7.90. The Hall–Kier alpha value is -2.01. The van der Waals surface area contributed by atoms with Gasteiger partial charge in [0.05, 0.1) is 5.69 Å². The quantitative estimate of drug-likeness (QED) is 0.608. The highest BCUT2D eigenvalue weighted by Gasteiger charge is 2.11. The van der Waals surface area contributed by atoms with E-state index in [1.54, 1.807) is 18.2 Å². The number of nitrogen functional groups attached to an aromatic ring is 1. The van der Waals surface area contributed by atoms with Crippen LogP contribution in [0.4, 0.5) is 5.82 Å². The van der Waals surface area contributed by atoms with E-state index in [0.717, 1.165) is 0 Å². The zero-order valence-corrected chi connectivity index (χ0v) is 8.94. The van der Waals surface area contributed by atoms with Crippen LogP contribution in [0.1, 0.15) is 11.4 Å². The van der Waals surface area contributed by atoms with Gasteiger partial charge in [0, 0.05) is 12.4 Å². The van der Waals surface area contributed by atoms with E-state index in [2.05, 4.69) is 15.0 Å².